The van der Waals surface area contributed by atoms with Crippen LogP contribution in [0.15, 0.2) is 52.3 Å². The molecule has 0 saturated carbocycles. The summed E-state index contributed by atoms with van der Waals surface area (Å²) in [7, 11) is 3.06. The number of nitrogens with zero attached hydrogens (tertiary/aromatic N) is 1. The Balaban J connectivity index is 1.79. The zero-order chi connectivity index (χ0) is 21.0. The number of pyridine rings is 1. The molecule has 2 aromatic rings. The van der Waals surface area contributed by atoms with Crippen LogP contribution in [0.4, 0.5) is 4.39 Å². The van der Waals surface area contributed by atoms with E-state index in [1.807, 2.05) is 24.3 Å². The average Bonchev–Trinajstić information content (AvgIpc) is 2.71. The van der Waals surface area contributed by atoms with Crippen LogP contribution in [0.5, 0.6) is 17.4 Å². The minimum atomic E-state index is -0.881. The molecule has 29 heavy (non-hydrogen) atoms. The topological polar surface area (TPSA) is 92.6 Å². The molecule has 1 heterocycles. The highest BCUT2D eigenvalue weighted by molar-refractivity contribution is 14.1. The van der Waals surface area contributed by atoms with Crippen molar-refractivity contribution >= 4 is 22.6 Å². The summed E-state index contributed by atoms with van der Waals surface area (Å²) in [5, 5.41) is 0. The van der Waals surface area contributed by atoms with Crippen molar-refractivity contribution in [2.24, 2.45) is 11.5 Å². The molecule has 0 amide bonds. The summed E-state index contributed by atoms with van der Waals surface area (Å²) in [6.45, 7) is 0.212. The molecule has 8 heteroatoms. The zero-order valence-corrected chi connectivity index (χ0v) is 18.4. The van der Waals surface area contributed by atoms with Gasteiger partial charge >= 0.3 is 0 Å². The van der Waals surface area contributed by atoms with E-state index in [0.717, 1.165) is 9.14 Å². The Labute approximate surface area is 182 Å². The van der Waals surface area contributed by atoms with Crippen LogP contribution in [0.3, 0.4) is 0 Å². The van der Waals surface area contributed by atoms with Gasteiger partial charge in [-0.3, -0.25) is 0 Å². The fourth-order valence-corrected chi connectivity index (χ4v) is 3.83. The van der Waals surface area contributed by atoms with Crippen molar-refractivity contribution in [3.05, 3.63) is 69.2 Å². The van der Waals surface area contributed by atoms with Crippen LogP contribution in [0.1, 0.15) is 11.1 Å². The van der Waals surface area contributed by atoms with Gasteiger partial charge in [-0.05, 0) is 52.8 Å². The molecule has 3 rings (SSSR count). The quantitative estimate of drug-likeness (QED) is 0.555. The molecule has 154 valence electrons. The van der Waals surface area contributed by atoms with Crippen LogP contribution < -0.4 is 25.7 Å². The lowest BCUT2D eigenvalue weighted by molar-refractivity contribution is 0.281. The molecule has 0 bridgehead atoms. The molecule has 0 spiro atoms. The fraction of sp³-hybridized carbons (Fsp3) is 0.286. The Morgan fingerprint density at radius 1 is 1.21 bits per heavy atom. The van der Waals surface area contributed by atoms with Crippen LogP contribution >= 0.6 is 22.6 Å². The molecule has 2 atom stereocenters. The van der Waals surface area contributed by atoms with E-state index in [9.17, 15) is 4.39 Å². The second-order valence-electron chi connectivity index (χ2n) is 6.80. The summed E-state index contributed by atoms with van der Waals surface area (Å²) >= 11 is 2.17. The molecule has 0 radical (unpaired) electrons. The van der Waals surface area contributed by atoms with Gasteiger partial charge in [-0.25, -0.2) is 9.37 Å². The molecule has 2 unspecified atom stereocenters. The van der Waals surface area contributed by atoms with Crippen LogP contribution in [-0.4, -0.2) is 30.8 Å². The number of rotatable bonds is 7. The predicted octanol–water partition coefficient (Wildman–Crippen LogP) is 3.27. The van der Waals surface area contributed by atoms with Crippen LogP contribution in [0.25, 0.3) is 0 Å². The second kappa shape index (κ2) is 9.10. The Hall–Kier alpha value is -2.17. The molecular formula is C21H23FIN3O3. The molecule has 0 aliphatic heterocycles. The number of allylic oxidation sites excluding steroid dienone is 2. The van der Waals surface area contributed by atoms with E-state index in [0.29, 0.717) is 22.9 Å². The van der Waals surface area contributed by atoms with E-state index < -0.39 is 17.4 Å². The Kier molecular flexibility index (Phi) is 6.76. The lowest BCUT2D eigenvalue weighted by Gasteiger charge is -2.33. The standard InChI is InChI=1S/C21H23FIN3O3/c1-27-17-7-14(9-21(25)10-15(23)4-5-19(21)24)16(22)8-18(17)29-12-13-3-6-20(28-2)26-11-13/h3-8,10-11,19H,9,12,24-25H2,1-2H3. The highest BCUT2D eigenvalue weighted by Gasteiger charge is 2.32. The van der Waals surface area contributed by atoms with Gasteiger partial charge in [0.15, 0.2) is 11.5 Å². The van der Waals surface area contributed by atoms with E-state index in [2.05, 4.69) is 27.6 Å². The summed E-state index contributed by atoms with van der Waals surface area (Å²) in [5.41, 5.74) is 13.0. The first kappa shape index (κ1) is 21.5. The molecule has 1 aromatic heterocycles. The highest BCUT2D eigenvalue weighted by Crippen LogP contribution is 2.34. The number of ether oxygens (including phenoxy) is 3. The fourth-order valence-electron chi connectivity index (χ4n) is 3.04. The van der Waals surface area contributed by atoms with Gasteiger partial charge in [0.25, 0.3) is 0 Å². The molecular weight excluding hydrogens is 488 g/mol. The molecule has 0 fully saturated rings. The molecule has 1 aromatic carbocycles. The maximum absolute atomic E-state index is 14.8. The van der Waals surface area contributed by atoms with Gasteiger partial charge in [0, 0.05) is 33.5 Å². The summed E-state index contributed by atoms with van der Waals surface area (Å²) in [5.74, 6) is 0.805. The van der Waals surface area contributed by atoms with Gasteiger partial charge in [-0.2, -0.15) is 0 Å². The average molecular weight is 511 g/mol. The van der Waals surface area contributed by atoms with E-state index >= 15 is 0 Å². The maximum atomic E-state index is 14.8. The van der Waals surface area contributed by atoms with E-state index in [4.69, 9.17) is 25.7 Å². The second-order valence-corrected chi connectivity index (χ2v) is 8.04. The third-order valence-electron chi connectivity index (χ3n) is 4.72. The molecule has 6 nitrogen and oxygen atoms in total. The van der Waals surface area contributed by atoms with Gasteiger partial charge in [0.2, 0.25) is 5.88 Å². The number of methoxy groups -OCH3 is 2. The lowest BCUT2D eigenvalue weighted by atomic mass is 9.82. The number of nitrogens with two attached hydrogens (primary N) is 2. The van der Waals surface area contributed by atoms with E-state index in [1.54, 1.807) is 25.4 Å². The number of hydrogen-bond donors (Lipinski definition) is 2. The molecule has 4 N–H and O–H groups in total. The lowest BCUT2D eigenvalue weighted by Crippen LogP contribution is -2.55. The Morgan fingerprint density at radius 3 is 2.66 bits per heavy atom. The van der Waals surface area contributed by atoms with Gasteiger partial charge < -0.3 is 25.7 Å². The normalized spacial score (nSPS) is 20.9. The molecule has 1 aliphatic carbocycles. The minimum Gasteiger partial charge on any atom is -0.493 e. The summed E-state index contributed by atoms with van der Waals surface area (Å²) in [6, 6.07) is 6.07. The first-order chi connectivity index (χ1) is 13.8. The minimum absolute atomic E-state index is 0.212. The first-order valence-electron chi connectivity index (χ1n) is 8.94. The summed E-state index contributed by atoms with van der Waals surface area (Å²) in [4.78, 5) is 4.12. The largest absolute Gasteiger partial charge is 0.493 e. The number of hydrogen-bond acceptors (Lipinski definition) is 6. The molecule has 1 aliphatic rings. The monoisotopic (exact) mass is 511 g/mol. The third-order valence-corrected chi connectivity index (χ3v) is 5.39. The van der Waals surface area contributed by atoms with Crippen molar-refractivity contribution in [3.8, 4) is 17.4 Å². The zero-order valence-electron chi connectivity index (χ0n) is 16.2. The first-order valence-corrected chi connectivity index (χ1v) is 10.0. The van der Waals surface area contributed by atoms with Gasteiger partial charge in [-0.15, -0.1) is 0 Å². The van der Waals surface area contributed by atoms with Gasteiger partial charge in [0.05, 0.1) is 19.8 Å². The third kappa shape index (κ3) is 5.06. The van der Waals surface area contributed by atoms with Crippen molar-refractivity contribution in [1.82, 2.24) is 4.98 Å². The smallest absolute Gasteiger partial charge is 0.212 e. The van der Waals surface area contributed by atoms with Crippen molar-refractivity contribution in [2.45, 2.75) is 24.6 Å². The van der Waals surface area contributed by atoms with Crippen LogP contribution in [-0.2, 0) is 13.0 Å². The predicted molar refractivity (Wildman–Crippen MR) is 118 cm³/mol. The van der Waals surface area contributed by atoms with Crippen LogP contribution in [0, 0.1) is 5.82 Å². The van der Waals surface area contributed by atoms with E-state index in [-0.39, 0.29) is 13.0 Å². The number of aromatic nitrogens is 1. The number of halogens is 2. The Morgan fingerprint density at radius 2 is 2.00 bits per heavy atom. The summed E-state index contributed by atoms with van der Waals surface area (Å²) < 4.78 is 32.0. The SMILES string of the molecule is COc1ccc(COc2cc(F)c(CC3(N)C=C(I)C=CC3N)cc2OC)cn1. The summed E-state index contributed by atoms with van der Waals surface area (Å²) in [6.07, 6.45) is 7.47. The van der Waals surface area contributed by atoms with Crippen molar-refractivity contribution < 1.29 is 18.6 Å². The highest BCUT2D eigenvalue weighted by atomic mass is 127. The van der Waals surface area contributed by atoms with Crippen molar-refractivity contribution in [2.75, 3.05) is 14.2 Å². The maximum Gasteiger partial charge on any atom is 0.212 e. The van der Waals surface area contributed by atoms with Gasteiger partial charge in [-0.1, -0.05) is 12.2 Å². The van der Waals surface area contributed by atoms with Gasteiger partial charge in [0.1, 0.15) is 12.4 Å². The van der Waals surface area contributed by atoms with E-state index in [1.165, 1.54) is 13.2 Å². The van der Waals surface area contributed by atoms with Crippen molar-refractivity contribution in [3.63, 3.8) is 0 Å². The van der Waals surface area contributed by atoms with Crippen molar-refractivity contribution in [1.29, 1.82) is 0 Å². The number of benzene rings is 1. The Bertz CT molecular complexity index is 934. The van der Waals surface area contributed by atoms with Crippen LogP contribution in [0.2, 0.25) is 0 Å². The molecule has 0 saturated heterocycles.